The van der Waals surface area contributed by atoms with Crippen LogP contribution >= 0.6 is 0 Å². The topological polar surface area (TPSA) is 65.9 Å². The van der Waals surface area contributed by atoms with Crippen LogP contribution in [0.3, 0.4) is 0 Å². The number of rotatable bonds is 7. The maximum absolute atomic E-state index is 4.87. The van der Waals surface area contributed by atoms with E-state index in [9.17, 15) is 0 Å². The summed E-state index contributed by atoms with van der Waals surface area (Å²) in [7, 11) is 2.19. The molecule has 0 atom stereocenters. The van der Waals surface area contributed by atoms with E-state index in [1.807, 2.05) is 24.4 Å². The smallest absolute Gasteiger partial charge is 0.181 e. The number of imidazole rings is 1. The predicted molar refractivity (Wildman–Crippen MR) is 105 cm³/mol. The van der Waals surface area contributed by atoms with Gasteiger partial charge < -0.3 is 14.8 Å². The van der Waals surface area contributed by atoms with Crippen molar-refractivity contribution in [2.24, 2.45) is 0 Å². The molecule has 1 fully saturated rings. The van der Waals surface area contributed by atoms with Crippen molar-refractivity contribution in [3.05, 3.63) is 54.4 Å². The van der Waals surface area contributed by atoms with Crippen molar-refractivity contribution < 1.29 is 0 Å². The van der Waals surface area contributed by atoms with Gasteiger partial charge >= 0.3 is 0 Å². The number of H-pyrrole nitrogens is 1. The summed E-state index contributed by atoms with van der Waals surface area (Å²) in [5.41, 5.74) is 2.19. The SMILES string of the molecule is CN1CCN(CCc2nc(-c3ccccc3)nn2CCc2cnc[nH]2)CC1. The van der Waals surface area contributed by atoms with Crippen LogP contribution in [0.5, 0.6) is 0 Å². The number of likely N-dealkylation sites (N-methyl/N-ethyl adjacent to an activating group) is 1. The lowest BCUT2D eigenvalue weighted by Crippen LogP contribution is -2.45. The minimum Gasteiger partial charge on any atom is -0.348 e. The minimum atomic E-state index is 0.806. The summed E-state index contributed by atoms with van der Waals surface area (Å²) in [5, 5.41) is 4.80. The number of benzene rings is 1. The highest BCUT2D eigenvalue weighted by Gasteiger charge is 2.16. The molecule has 0 radical (unpaired) electrons. The van der Waals surface area contributed by atoms with Crippen molar-refractivity contribution in [2.75, 3.05) is 39.8 Å². The number of aromatic amines is 1. The van der Waals surface area contributed by atoms with Gasteiger partial charge in [-0.05, 0) is 7.05 Å². The summed E-state index contributed by atoms with van der Waals surface area (Å²) >= 11 is 0. The van der Waals surface area contributed by atoms with Gasteiger partial charge in [0.05, 0.1) is 6.33 Å². The molecule has 142 valence electrons. The summed E-state index contributed by atoms with van der Waals surface area (Å²) in [6.07, 6.45) is 5.39. The van der Waals surface area contributed by atoms with Crippen LogP contribution in [0.25, 0.3) is 11.4 Å². The molecule has 7 nitrogen and oxygen atoms in total. The Balaban J connectivity index is 1.47. The molecule has 1 aliphatic rings. The number of hydrogen-bond acceptors (Lipinski definition) is 5. The lowest BCUT2D eigenvalue weighted by molar-refractivity contribution is 0.154. The average molecular weight is 365 g/mol. The molecule has 0 unspecified atom stereocenters. The summed E-state index contributed by atoms with van der Waals surface area (Å²) in [4.78, 5) is 17.0. The first-order valence-electron chi connectivity index (χ1n) is 9.65. The third-order valence-corrected chi connectivity index (χ3v) is 5.18. The summed E-state index contributed by atoms with van der Waals surface area (Å²) in [6.45, 7) is 6.38. The Kier molecular flexibility index (Phi) is 5.60. The molecule has 1 aromatic carbocycles. The van der Waals surface area contributed by atoms with Crippen LogP contribution in [0.2, 0.25) is 0 Å². The van der Waals surface area contributed by atoms with Crippen molar-refractivity contribution in [1.29, 1.82) is 0 Å². The van der Waals surface area contributed by atoms with Gasteiger partial charge in [-0.1, -0.05) is 30.3 Å². The fraction of sp³-hybridized carbons (Fsp3) is 0.450. The molecule has 0 bridgehead atoms. The Morgan fingerprint density at radius 2 is 1.81 bits per heavy atom. The van der Waals surface area contributed by atoms with Gasteiger partial charge in [-0.15, -0.1) is 0 Å². The van der Waals surface area contributed by atoms with Gasteiger partial charge in [-0.2, -0.15) is 5.10 Å². The van der Waals surface area contributed by atoms with Crippen LogP contribution in [0.4, 0.5) is 0 Å². The molecule has 27 heavy (non-hydrogen) atoms. The number of hydrogen-bond donors (Lipinski definition) is 1. The van der Waals surface area contributed by atoms with Crippen molar-refractivity contribution in [2.45, 2.75) is 19.4 Å². The first-order chi connectivity index (χ1) is 13.3. The van der Waals surface area contributed by atoms with E-state index in [0.717, 1.165) is 75.0 Å². The van der Waals surface area contributed by atoms with Crippen LogP contribution in [-0.2, 0) is 19.4 Å². The molecular formula is C20H27N7. The van der Waals surface area contributed by atoms with Crippen molar-refractivity contribution in [3.63, 3.8) is 0 Å². The van der Waals surface area contributed by atoms with E-state index in [-0.39, 0.29) is 0 Å². The van der Waals surface area contributed by atoms with Crippen LogP contribution in [0.1, 0.15) is 11.5 Å². The predicted octanol–water partition coefficient (Wildman–Crippen LogP) is 1.70. The average Bonchev–Trinajstić information content (AvgIpc) is 3.36. The fourth-order valence-corrected chi connectivity index (χ4v) is 3.43. The lowest BCUT2D eigenvalue weighted by atomic mass is 10.2. The molecule has 3 aromatic rings. The third kappa shape index (κ3) is 4.61. The van der Waals surface area contributed by atoms with E-state index in [0.29, 0.717) is 0 Å². The van der Waals surface area contributed by atoms with Crippen LogP contribution in [0.15, 0.2) is 42.9 Å². The van der Waals surface area contributed by atoms with Gasteiger partial charge in [0.25, 0.3) is 0 Å². The van der Waals surface area contributed by atoms with Crippen molar-refractivity contribution in [3.8, 4) is 11.4 Å². The molecule has 7 heteroatoms. The van der Waals surface area contributed by atoms with Crippen molar-refractivity contribution in [1.82, 2.24) is 34.5 Å². The standard InChI is InChI=1S/C20H27N7/c1-25-11-13-26(14-12-25)9-8-19-23-20(17-5-3-2-4-6-17)24-27(19)10-7-18-15-21-16-22-18/h2-6,15-16H,7-14H2,1H3,(H,21,22). The monoisotopic (exact) mass is 365 g/mol. The number of nitrogens with one attached hydrogen (secondary N) is 1. The lowest BCUT2D eigenvalue weighted by Gasteiger charge is -2.32. The van der Waals surface area contributed by atoms with E-state index >= 15 is 0 Å². The first kappa shape index (κ1) is 17.9. The Hall–Kier alpha value is -2.51. The second-order valence-electron chi connectivity index (χ2n) is 7.16. The summed E-state index contributed by atoms with van der Waals surface area (Å²) < 4.78 is 2.07. The van der Waals surface area contributed by atoms with Crippen LogP contribution in [-0.4, -0.2) is 74.3 Å². The van der Waals surface area contributed by atoms with E-state index in [1.54, 1.807) is 6.33 Å². The zero-order valence-electron chi connectivity index (χ0n) is 15.9. The summed E-state index contributed by atoms with van der Waals surface area (Å²) in [5.74, 6) is 1.88. The second kappa shape index (κ2) is 8.45. The van der Waals surface area contributed by atoms with Crippen LogP contribution < -0.4 is 0 Å². The minimum absolute atomic E-state index is 0.806. The van der Waals surface area contributed by atoms with Gasteiger partial charge in [0.2, 0.25) is 0 Å². The van der Waals surface area contributed by atoms with Gasteiger partial charge in [0.15, 0.2) is 5.82 Å². The third-order valence-electron chi connectivity index (χ3n) is 5.18. The highest BCUT2D eigenvalue weighted by atomic mass is 15.3. The zero-order valence-corrected chi connectivity index (χ0v) is 15.9. The number of aromatic nitrogens is 5. The highest BCUT2D eigenvalue weighted by molar-refractivity contribution is 5.54. The van der Waals surface area contributed by atoms with E-state index < -0.39 is 0 Å². The van der Waals surface area contributed by atoms with E-state index in [1.165, 1.54) is 0 Å². The van der Waals surface area contributed by atoms with Gasteiger partial charge in [-0.3, -0.25) is 0 Å². The molecular weight excluding hydrogens is 338 g/mol. The second-order valence-corrected chi connectivity index (χ2v) is 7.16. The number of nitrogens with zero attached hydrogens (tertiary/aromatic N) is 6. The zero-order chi connectivity index (χ0) is 18.5. The van der Waals surface area contributed by atoms with Gasteiger partial charge in [0, 0.05) is 69.6 Å². The van der Waals surface area contributed by atoms with E-state index in [2.05, 4.69) is 43.6 Å². The molecule has 0 aliphatic carbocycles. The Labute approximate surface area is 160 Å². The molecule has 1 aliphatic heterocycles. The molecule has 4 rings (SSSR count). The molecule has 0 saturated carbocycles. The van der Waals surface area contributed by atoms with E-state index in [4.69, 9.17) is 10.1 Å². The number of piperazine rings is 1. The summed E-state index contributed by atoms with van der Waals surface area (Å²) in [6, 6.07) is 10.2. The molecule has 3 heterocycles. The maximum Gasteiger partial charge on any atom is 0.181 e. The number of aryl methyl sites for hydroxylation is 2. The van der Waals surface area contributed by atoms with Crippen molar-refractivity contribution >= 4 is 0 Å². The Bertz CT molecular complexity index is 817. The van der Waals surface area contributed by atoms with Gasteiger partial charge in [-0.25, -0.2) is 14.6 Å². The Morgan fingerprint density at radius 3 is 2.56 bits per heavy atom. The quantitative estimate of drug-likeness (QED) is 0.690. The van der Waals surface area contributed by atoms with Gasteiger partial charge in [0.1, 0.15) is 5.82 Å². The first-order valence-corrected chi connectivity index (χ1v) is 9.65. The highest BCUT2D eigenvalue weighted by Crippen LogP contribution is 2.16. The molecule has 0 spiro atoms. The normalized spacial score (nSPS) is 16.0. The van der Waals surface area contributed by atoms with Crippen LogP contribution in [0, 0.1) is 0 Å². The largest absolute Gasteiger partial charge is 0.348 e. The fourth-order valence-electron chi connectivity index (χ4n) is 3.43. The molecule has 1 saturated heterocycles. The molecule has 1 N–H and O–H groups in total. The molecule has 0 amide bonds. The molecule has 2 aromatic heterocycles. The maximum atomic E-state index is 4.87. The Morgan fingerprint density at radius 1 is 1.00 bits per heavy atom.